The summed E-state index contributed by atoms with van der Waals surface area (Å²) in [7, 11) is 0. The van der Waals surface area contributed by atoms with E-state index in [-0.39, 0.29) is 0 Å². The van der Waals surface area contributed by atoms with Crippen LogP contribution in [-0.4, -0.2) is 10.5 Å². The molecule has 1 aliphatic carbocycles. The molecular formula is C14H15ClN2. The van der Waals surface area contributed by atoms with Crippen molar-refractivity contribution in [3.05, 3.63) is 41.0 Å². The molecule has 3 heteroatoms. The van der Waals surface area contributed by atoms with Gasteiger partial charge in [-0.1, -0.05) is 17.7 Å². The Morgan fingerprint density at radius 1 is 1.35 bits per heavy atom. The lowest BCUT2D eigenvalue weighted by Gasteiger charge is -2.13. The molecule has 1 aromatic carbocycles. The van der Waals surface area contributed by atoms with Crippen molar-refractivity contribution in [2.45, 2.75) is 31.8 Å². The molecule has 0 spiro atoms. The van der Waals surface area contributed by atoms with Crippen LogP contribution in [0.1, 0.15) is 25.3 Å². The minimum absolute atomic E-state index is 0.348. The third kappa shape index (κ3) is 2.15. The third-order valence-corrected chi connectivity index (χ3v) is 3.84. The van der Waals surface area contributed by atoms with Crippen LogP contribution in [0.3, 0.4) is 0 Å². The SMILES string of the molecule is CC1(NCc2ccc(Cl)c3cccnc23)CC1. The van der Waals surface area contributed by atoms with Crippen molar-refractivity contribution < 1.29 is 0 Å². The van der Waals surface area contributed by atoms with Gasteiger partial charge in [0.05, 0.1) is 5.52 Å². The Hall–Kier alpha value is -1.12. The summed E-state index contributed by atoms with van der Waals surface area (Å²) in [6, 6.07) is 7.97. The van der Waals surface area contributed by atoms with Crippen molar-refractivity contribution in [1.82, 2.24) is 10.3 Å². The van der Waals surface area contributed by atoms with Gasteiger partial charge in [0.1, 0.15) is 0 Å². The first kappa shape index (κ1) is 11.0. The summed E-state index contributed by atoms with van der Waals surface area (Å²) in [4.78, 5) is 4.44. The second-order valence-corrected chi connectivity index (χ2v) is 5.43. The number of benzene rings is 1. The van der Waals surface area contributed by atoms with Crippen molar-refractivity contribution in [3.63, 3.8) is 0 Å². The zero-order chi connectivity index (χ0) is 11.9. The van der Waals surface area contributed by atoms with E-state index in [0.717, 1.165) is 22.5 Å². The summed E-state index contributed by atoms with van der Waals surface area (Å²) >= 11 is 6.17. The molecule has 1 fully saturated rings. The first-order valence-electron chi connectivity index (χ1n) is 5.95. The molecule has 3 rings (SSSR count). The summed E-state index contributed by atoms with van der Waals surface area (Å²) < 4.78 is 0. The van der Waals surface area contributed by atoms with Crippen molar-refractivity contribution in [2.24, 2.45) is 0 Å². The average molecular weight is 247 g/mol. The Morgan fingerprint density at radius 3 is 2.94 bits per heavy atom. The fourth-order valence-electron chi connectivity index (χ4n) is 2.01. The van der Waals surface area contributed by atoms with E-state index in [1.165, 1.54) is 18.4 Å². The fraction of sp³-hybridized carbons (Fsp3) is 0.357. The molecule has 17 heavy (non-hydrogen) atoms. The smallest absolute Gasteiger partial charge is 0.0761 e. The molecule has 2 aromatic rings. The normalized spacial score (nSPS) is 17.3. The highest BCUT2D eigenvalue weighted by molar-refractivity contribution is 6.35. The van der Waals surface area contributed by atoms with Gasteiger partial charge in [0.25, 0.3) is 0 Å². The second-order valence-electron chi connectivity index (χ2n) is 5.02. The van der Waals surface area contributed by atoms with Gasteiger partial charge in [-0.05, 0) is 43.5 Å². The monoisotopic (exact) mass is 246 g/mol. The number of nitrogens with one attached hydrogen (secondary N) is 1. The van der Waals surface area contributed by atoms with Crippen molar-refractivity contribution in [1.29, 1.82) is 0 Å². The number of aromatic nitrogens is 1. The lowest BCUT2D eigenvalue weighted by molar-refractivity contribution is 0.539. The van der Waals surface area contributed by atoms with Crippen LogP contribution in [0.25, 0.3) is 10.9 Å². The van der Waals surface area contributed by atoms with Gasteiger partial charge in [-0.25, -0.2) is 0 Å². The molecule has 0 bridgehead atoms. The van der Waals surface area contributed by atoms with E-state index in [1.54, 1.807) is 0 Å². The van der Waals surface area contributed by atoms with Crippen LogP contribution >= 0.6 is 11.6 Å². The van der Waals surface area contributed by atoms with Gasteiger partial charge in [-0.2, -0.15) is 0 Å². The van der Waals surface area contributed by atoms with E-state index in [1.807, 2.05) is 24.4 Å². The van der Waals surface area contributed by atoms with Crippen molar-refractivity contribution in [3.8, 4) is 0 Å². The topological polar surface area (TPSA) is 24.9 Å². The van der Waals surface area contributed by atoms with Gasteiger partial charge in [0.15, 0.2) is 0 Å². The lowest BCUT2D eigenvalue weighted by atomic mass is 10.1. The molecule has 88 valence electrons. The van der Waals surface area contributed by atoms with Crippen LogP contribution in [0, 0.1) is 0 Å². The Morgan fingerprint density at radius 2 is 2.18 bits per heavy atom. The molecule has 0 radical (unpaired) electrons. The van der Waals surface area contributed by atoms with Crippen LogP contribution in [0.4, 0.5) is 0 Å². The van der Waals surface area contributed by atoms with Crippen LogP contribution in [-0.2, 0) is 6.54 Å². The molecule has 1 heterocycles. The van der Waals surface area contributed by atoms with Gasteiger partial charge in [0, 0.05) is 28.7 Å². The highest BCUT2D eigenvalue weighted by Crippen LogP contribution is 2.35. The van der Waals surface area contributed by atoms with Gasteiger partial charge >= 0.3 is 0 Å². The third-order valence-electron chi connectivity index (χ3n) is 3.51. The van der Waals surface area contributed by atoms with Gasteiger partial charge in [-0.3, -0.25) is 4.98 Å². The van der Waals surface area contributed by atoms with Crippen LogP contribution in [0.2, 0.25) is 5.02 Å². The maximum absolute atomic E-state index is 6.17. The zero-order valence-corrected chi connectivity index (χ0v) is 10.6. The van der Waals surface area contributed by atoms with E-state index < -0.39 is 0 Å². The molecule has 1 aliphatic rings. The van der Waals surface area contributed by atoms with Gasteiger partial charge < -0.3 is 5.32 Å². The molecular weight excluding hydrogens is 232 g/mol. The van der Waals surface area contributed by atoms with E-state index in [2.05, 4.69) is 23.3 Å². The quantitative estimate of drug-likeness (QED) is 0.896. The minimum Gasteiger partial charge on any atom is -0.307 e. The minimum atomic E-state index is 0.348. The van der Waals surface area contributed by atoms with Crippen LogP contribution in [0.15, 0.2) is 30.5 Å². The van der Waals surface area contributed by atoms with Crippen molar-refractivity contribution >= 4 is 22.5 Å². The predicted molar refractivity (Wildman–Crippen MR) is 71.2 cm³/mol. The fourth-order valence-corrected chi connectivity index (χ4v) is 2.23. The maximum atomic E-state index is 6.17. The van der Waals surface area contributed by atoms with E-state index in [0.29, 0.717) is 5.54 Å². The summed E-state index contributed by atoms with van der Waals surface area (Å²) in [6.45, 7) is 3.12. The highest BCUT2D eigenvalue weighted by atomic mass is 35.5. The Bertz CT molecular complexity index is 561. The molecule has 0 atom stereocenters. The van der Waals surface area contributed by atoms with Gasteiger partial charge in [0.2, 0.25) is 0 Å². The Labute approximate surface area is 106 Å². The van der Waals surface area contributed by atoms with Crippen molar-refractivity contribution in [2.75, 3.05) is 0 Å². The van der Waals surface area contributed by atoms with E-state index in [9.17, 15) is 0 Å². The number of hydrogen-bond acceptors (Lipinski definition) is 2. The Balaban J connectivity index is 1.96. The van der Waals surface area contributed by atoms with Gasteiger partial charge in [-0.15, -0.1) is 0 Å². The molecule has 1 aromatic heterocycles. The maximum Gasteiger partial charge on any atom is 0.0761 e. The second kappa shape index (κ2) is 3.97. The highest BCUT2D eigenvalue weighted by Gasteiger charge is 2.36. The summed E-state index contributed by atoms with van der Waals surface area (Å²) in [6.07, 6.45) is 4.36. The Kier molecular flexibility index (Phi) is 2.57. The number of rotatable bonds is 3. The average Bonchev–Trinajstić information content (AvgIpc) is 3.08. The molecule has 2 nitrogen and oxygen atoms in total. The molecule has 1 N–H and O–H groups in total. The molecule has 0 unspecified atom stereocenters. The number of halogens is 1. The summed E-state index contributed by atoms with van der Waals surface area (Å²) in [5.41, 5.74) is 2.58. The molecule has 0 aliphatic heterocycles. The number of nitrogens with zero attached hydrogens (tertiary/aromatic N) is 1. The van der Waals surface area contributed by atoms with E-state index >= 15 is 0 Å². The summed E-state index contributed by atoms with van der Waals surface area (Å²) in [5, 5.41) is 5.39. The lowest BCUT2D eigenvalue weighted by Crippen LogP contribution is -2.27. The molecule has 0 amide bonds. The summed E-state index contributed by atoms with van der Waals surface area (Å²) in [5.74, 6) is 0. The first-order valence-corrected chi connectivity index (χ1v) is 6.33. The van der Waals surface area contributed by atoms with Crippen LogP contribution in [0.5, 0.6) is 0 Å². The standard InChI is InChI=1S/C14H15ClN2/c1-14(6-7-14)17-9-10-4-5-12(15)11-3-2-8-16-13(10)11/h2-5,8,17H,6-7,9H2,1H3. The number of hydrogen-bond donors (Lipinski definition) is 1. The first-order chi connectivity index (χ1) is 8.18. The largest absolute Gasteiger partial charge is 0.307 e. The molecule has 1 saturated carbocycles. The predicted octanol–water partition coefficient (Wildman–Crippen LogP) is 3.53. The number of pyridine rings is 1. The van der Waals surface area contributed by atoms with Crippen LogP contribution < -0.4 is 5.32 Å². The van der Waals surface area contributed by atoms with E-state index in [4.69, 9.17) is 11.6 Å². The molecule has 0 saturated heterocycles. The number of fused-ring (bicyclic) bond motifs is 1. The zero-order valence-electron chi connectivity index (χ0n) is 9.83.